The van der Waals surface area contributed by atoms with Crippen LogP contribution in [0.25, 0.3) is 0 Å². The quantitative estimate of drug-likeness (QED) is 0.905. The molecule has 19 heavy (non-hydrogen) atoms. The van der Waals surface area contributed by atoms with Gasteiger partial charge >= 0.3 is 0 Å². The van der Waals surface area contributed by atoms with Gasteiger partial charge in [0, 0.05) is 19.1 Å². The third-order valence-electron chi connectivity index (χ3n) is 4.42. The van der Waals surface area contributed by atoms with Gasteiger partial charge in [-0.15, -0.1) is 0 Å². The van der Waals surface area contributed by atoms with Gasteiger partial charge in [-0.2, -0.15) is 0 Å². The van der Waals surface area contributed by atoms with E-state index >= 15 is 0 Å². The molecule has 1 aromatic carbocycles. The van der Waals surface area contributed by atoms with Crippen molar-refractivity contribution in [3.8, 4) is 0 Å². The third kappa shape index (κ3) is 3.54. The minimum absolute atomic E-state index is 0.106. The molecule has 1 aromatic rings. The molecule has 0 amide bonds. The summed E-state index contributed by atoms with van der Waals surface area (Å²) in [5, 5.41) is 0. The number of likely N-dealkylation sites (tertiary alicyclic amines) is 1. The predicted molar refractivity (Wildman–Crippen MR) is 77.4 cm³/mol. The summed E-state index contributed by atoms with van der Waals surface area (Å²) < 4.78 is 13.6. The Morgan fingerprint density at radius 3 is 2.84 bits per heavy atom. The topological polar surface area (TPSA) is 29.3 Å². The van der Waals surface area contributed by atoms with Crippen LogP contribution in [0.4, 0.5) is 4.39 Å². The minimum atomic E-state index is -0.106. The van der Waals surface area contributed by atoms with Crippen molar-refractivity contribution in [2.75, 3.05) is 13.1 Å². The SMILES string of the molecule is CCC1CCN(Cc2ccc(C)c(F)c2)C(CN)C1. The van der Waals surface area contributed by atoms with Crippen LogP contribution in [-0.4, -0.2) is 24.0 Å². The highest BCUT2D eigenvalue weighted by atomic mass is 19.1. The Morgan fingerprint density at radius 2 is 2.21 bits per heavy atom. The Morgan fingerprint density at radius 1 is 1.42 bits per heavy atom. The lowest BCUT2D eigenvalue weighted by atomic mass is 9.88. The van der Waals surface area contributed by atoms with E-state index in [1.807, 2.05) is 12.1 Å². The van der Waals surface area contributed by atoms with E-state index in [0.29, 0.717) is 18.2 Å². The number of halogens is 1. The van der Waals surface area contributed by atoms with Crippen LogP contribution >= 0.6 is 0 Å². The molecule has 1 fully saturated rings. The Labute approximate surface area is 115 Å². The lowest BCUT2D eigenvalue weighted by Crippen LogP contribution is -2.46. The fraction of sp³-hybridized carbons (Fsp3) is 0.625. The van der Waals surface area contributed by atoms with Crippen LogP contribution in [0.2, 0.25) is 0 Å². The Hall–Kier alpha value is -0.930. The zero-order valence-electron chi connectivity index (χ0n) is 12.0. The van der Waals surface area contributed by atoms with Crippen molar-refractivity contribution >= 4 is 0 Å². The van der Waals surface area contributed by atoms with Gasteiger partial charge in [0.2, 0.25) is 0 Å². The molecular weight excluding hydrogens is 239 g/mol. The van der Waals surface area contributed by atoms with Crippen LogP contribution < -0.4 is 5.73 Å². The second-order valence-electron chi connectivity index (χ2n) is 5.74. The fourth-order valence-corrected chi connectivity index (χ4v) is 2.98. The van der Waals surface area contributed by atoms with Gasteiger partial charge in [0.25, 0.3) is 0 Å². The maximum Gasteiger partial charge on any atom is 0.126 e. The zero-order valence-corrected chi connectivity index (χ0v) is 12.0. The summed E-state index contributed by atoms with van der Waals surface area (Å²) in [7, 11) is 0. The highest BCUT2D eigenvalue weighted by Gasteiger charge is 2.26. The lowest BCUT2D eigenvalue weighted by molar-refractivity contribution is 0.107. The molecular formula is C16H25FN2. The highest BCUT2D eigenvalue weighted by molar-refractivity contribution is 5.23. The Balaban J connectivity index is 2.03. The minimum Gasteiger partial charge on any atom is -0.329 e. The number of hydrogen-bond donors (Lipinski definition) is 1. The number of aryl methyl sites for hydroxylation is 1. The molecule has 2 rings (SSSR count). The summed E-state index contributed by atoms with van der Waals surface area (Å²) in [6.07, 6.45) is 3.66. The van der Waals surface area contributed by atoms with Crippen molar-refractivity contribution in [3.05, 3.63) is 35.1 Å². The maximum atomic E-state index is 13.6. The molecule has 0 aliphatic carbocycles. The molecule has 2 atom stereocenters. The van der Waals surface area contributed by atoms with Gasteiger partial charge in [0.1, 0.15) is 5.82 Å². The van der Waals surface area contributed by atoms with Gasteiger partial charge in [-0.1, -0.05) is 25.5 Å². The first kappa shape index (κ1) is 14.5. The van der Waals surface area contributed by atoms with E-state index in [-0.39, 0.29) is 5.82 Å². The molecule has 0 radical (unpaired) electrons. The van der Waals surface area contributed by atoms with Gasteiger partial charge in [0.15, 0.2) is 0 Å². The first-order chi connectivity index (χ1) is 9.13. The Bertz CT molecular complexity index is 419. The van der Waals surface area contributed by atoms with E-state index in [2.05, 4.69) is 11.8 Å². The normalized spacial score (nSPS) is 24.6. The van der Waals surface area contributed by atoms with Gasteiger partial charge < -0.3 is 5.73 Å². The molecule has 2 nitrogen and oxygen atoms in total. The molecule has 0 saturated carbocycles. The summed E-state index contributed by atoms with van der Waals surface area (Å²) >= 11 is 0. The van der Waals surface area contributed by atoms with E-state index in [4.69, 9.17) is 5.73 Å². The molecule has 3 heteroatoms. The lowest BCUT2D eigenvalue weighted by Gasteiger charge is -2.39. The predicted octanol–water partition coefficient (Wildman–Crippen LogP) is 3.08. The van der Waals surface area contributed by atoms with Crippen LogP contribution in [0.3, 0.4) is 0 Å². The largest absolute Gasteiger partial charge is 0.329 e. The van der Waals surface area contributed by atoms with E-state index < -0.39 is 0 Å². The van der Waals surface area contributed by atoms with E-state index in [9.17, 15) is 4.39 Å². The summed E-state index contributed by atoms with van der Waals surface area (Å²) in [6, 6.07) is 6.00. The average molecular weight is 264 g/mol. The second kappa shape index (κ2) is 6.49. The number of nitrogens with two attached hydrogens (primary N) is 1. The summed E-state index contributed by atoms with van der Waals surface area (Å²) in [5.41, 5.74) is 7.67. The molecule has 2 N–H and O–H groups in total. The van der Waals surface area contributed by atoms with Crippen LogP contribution in [0.15, 0.2) is 18.2 Å². The van der Waals surface area contributed by atoms with Crippen LogP contribution in [0.5, 0.6) is 0 Å². The van der Waals surface area contributed by atoms with Crippen molar-refractivity contribution in [3.63, 3.8) is 0 Å². The molecule has 2 unspecified atom stereocenters. The van der Waals surface area contributed by atoms with E-state index in [0.717, 1.165) is 24.6 Å². The monoisotopic (exact) mass is 264 g/mol. The molecule has 1 heterocycles. The van der Waals surface area contributed by atoms with Crippen molar-refractivity contribution < 1.29 is 4.39 Å². The molecule has 0 spiro atoms. The van der Waals surface area contributed by atoms with E-state index in [1.54, 1.807) is 13.0 Å². The number of rotatable bonds is 4. The summed E-state index contributed by atoms with van der Waals surface area (Å²) in [6.45, 7) is 6.65. The van der Waals surface area contributed by atoms with E-state index in [1.165, 1.54) is 19.3 Å². The van der Waals surface area contributed by atoms with Gasteiger partial charge in [-0.05, 0) is 49.4 Å². The van der Waals surface area contributed by atoms with Crippen molar-refractivity contribution in [1.82, 2.24) is 4.90 Å². The van der Waals surface area contributed by atoms with Gasteiger partial charge in [0.05, 0.1) is 0 Å². The summed E-state index contributed by atoms with van der Waals surface area (Å²) in [5.74, 6) is 0.699. The van der Waals surface area contributed by atoms with Crippen molar-refractivity contribution in [2.45, 2.75) is 45.7 Å². The number of benzene rings is 1. The molecule has 106 valence electrons. The highest BCUT2D eigenvalue weighted by Crippen LogP contribution is 2.26. The van der Waals surface area contributed by atoms with Crippen LogP contribution in [-0.2, 0) is 6.54 Å². The van der Waals surface area contributed by atoms with Crippen LogP contribution in [0.1, 0.15) is 37.3 Å². The number of hydrogen-bond acceptors (Lipinski definition) is 2. The molecule has 0 bridgehead atoms. The van der Waals surface area contributed by atoms with Crippen molar-refractivity contribution in [1.29, 1.82) is 0 Å². The molecule has 1 aliphatic rings. The Kier molecular flexibility index (Phi) is 4.94. The second-order valence-corrected chi connectivity index (χ2v) is 5.74. The summed E-state index contributed by atoms with van der Waals surface area (Å²) in [4.78, 5) is 2.41. The number of piperidine rings is 1. The average Bonchev–Trinajstić information content (AvgIpc) is 2.43. The maximum absolute atomic E-state index is 13.6. The number of nitrogens with zero attached hydrogens (tertiary/aromatic N) is 1. The third-order valence-corrected chi connectivity index (χ3v) is 4.42. The zero-order chi connectivity index (χ0) is 13.8. The first-order valence-corrected chi connectivity index (χ1v) is 7.33. The van der Waals surface area contributed by atoms with Gasteiger partial charge in [-0.25, -0.2) is 4.39 Å². The van der Waals surface area contributed by atoms with Gasteiger partial charge in [-0.3, -0.25) is 4.90 Å². The molecule has 0 aromatic heterocycles. The fourth-order valence-electron chi connectivity index (χ4n) is 2.98. The smallest absolute Gasteiger partial charge is 0.126 e. The standard InChI is InChI=1S/C16H25FN2/c1-3-13-6-7-19(15(8-13)10-18)11-14-5-4-12(2)16(17)9-14/h4-5,9,13,15H,3,6-8,10-11,18H2,1-2H3. The molecule has 1 aliphatic heterocycles. The van der Waals surface area contributed by atoms with Crippen molar-refractivity contribution in [2.24, 2.45) is 11.7 Å². The van der Waals surface area contributed by atoms with Crippen LogP contribution in [0, 0.1) is 18.7 Å². The molecule has 1 saturated heterocycles. The first-order valence-electron chi connectivity index (χ1n) is 7.33.